The van der Waals surface area contributed by atoms with Crippen molar-refractivity contribution in [3.05, 3.63) is 34.6 Å². The van der Waals surface area contributed by atoms with Crippen LogP contribution in [0, 0.1) is 0 Å². The fraction of sp³-hybridized carbons (Fsp3) is 0.308. The van der Waals surface area contributed by atoms with E-state index in [1.54, 1.807) is 16.9 Å². The minimum atomic E-state index is -0.0230. The van der Waals surface area contributed by atoms with E-state index >= 15 is 0 Å². The van der Waals surface area contributed by atoms with E-state index in [1.165, 1.54) is 0 Å². The summed E-state index contributed by atoms with van der Waals surface area (Å²) in [6.07, 6.45) is 2.13. The molecule has 1 aromatic carbocycles. The van der Waals surface area contributed by atoms with Gasteiger partial charge in [0.1, 0.15) is 5.69 Å². The molecule has 0 aliphatic carbocycles. The first kappa shape index (κ1) is 13.8. The number of carbonyl (C=O) groups is 1. The Morgan fingerprint density at radius 2 is 2.33 bits per heavy atom. The number of hydrogen-bond donors (Lipinski definition) is 3. The fourth-order valence-electron chi connectivity index (χ4n) is 2.20. The molecule has 0 atom stereocenters. The molecule has 2 aromatic rings. The highest BCUT2D eigenvalue weighted by atomic mass is 35.5. The number of amides is 1. The lowest BCUT2D eigenvalue weighted by atomic mass is 10.1. The second-order valence-electron chi connectivity index (χ2n) is 4.76. The molecule has 0 unspecified atom stereocenters. The topological polar surface area (TPSA) is 92.1 Å². The number of aliphatic hydroxyl groups is 1. The molecule has 8 heteroatoms. The van der Waals surface area contributed by atoms with Crippen LogP contribution in [-0.2, 0) is 24.3 Å². The van der Waals surface area contributed by atoms with Gasteiger partial charge in [0, 0.05) is 5.69 Å². The van der Waals surface area contributed by atoms with Crippen LogP contribution in [0.2, 0.25) is 5.02 Å². The Kier molecular flexibility index (Phi) is 3.76. The van der Waals surface area contributed by atoms with Crippen LogP contribution in [0.3, 0.4) is 0 Å². The summed E-state index contributed by atoms with van der Waals surface area (Å²) < 4.78 is 1.57. The van der Waals surface area contributed by atoms with Gasteiger partial charge in [0.05, 0.1) is 43.0 Å². The van der Waals surface area contributed by atoms with Crippen molar-refractivity contribution in [3.8, 4) is 0 Å². The highest BCUT2D eigenvalue weighted by molar-refractivity contribution is 6.33. The number of nitrogens with zero attached hydrogens (tertiary/aromatic N) is 3. The molecule has 0 spiro atoms. The normalized spacial score (nSPS) is 13.1. The molecule has 1 aliphatic rings. The first-order valence-corrected chi connectivity index (χ1v) is 6.89. The maximum Gasteiger partial charge on any atom is 0.228 e. The zero-order valence-electron chi connectivity index (χ0n) is 11.1. The minimum Gasteiger partial charge on any atom is -0.394 e. The first-order valence-electron chi connectivity index (χ1n) is 6.51. The van der Waals surface area contributed by atoms with Crippen LogP contribution in [0.15, 0.2) is 18.3 Å². The molecule has 3 rings (SSSR count). The summed E-state index contributed by atoms with van der Waals surface area (Å²) in [7, 11) is 0. The quantitative estimate of drug-likeness (QED) is 0.767. The van der Waals surface area contributed by atoms with Crippen molar-refractivity contribution in [2.45, 2.75) is 19.5 Å². The number of hydrogen-bond acceptors (Lipinski definition) is 5. The van der Waals surface area contributed by atoms with Crippen LogP contribution < -0.4 is 10.6 Å². The summed E-state index contributed by atoms with van der Waals surface area (Å²) >= 11 is 6.19. The average molecular weight is 308 g/mol. The summed E-state index contributed by atoms with van der Waals surface area (Å²) in [6.45, 7) is 0.902. The van der Waals surface area contributed by atoms with E-state index in [0.29, 0.717) is 24.5 Å². The Balaban J connectivity index is 1.70. The maximum absolute atomic E-state index is 11.4. The summed E-state index contributed by atoms with van der Waals surface area (Å²) in [5.74, 6) is -0.0230. The van der Waals surface area contributed by atoms with Gasteiger partial charge in [-0.2, -0.15) is 0 Å². The Labute approximate surface area is 125 Å². The molecule has 7 nitrogen and oxygen atoms in total. The van der Waals surface area contributed by atoms with E-state index < -0.39 is 0 Å². The smallest absolute Gasteiger partial charge is 0.228 e. The van der Waals surface area contributed by atoms with Crippen LogP contribution in [0.1, 0.15) is 11.3 Å². The fourth-order valence-corrected chi connectivity index (χ4v) is 2.43. The van der Waals surface area contributed by atoms with Crippen molar-refractivity contribution >= 4 is 28.9 Å². The molecule has 0 radical (unpaired) electrons. The standard InChI is InChI=1S/C13H14ClN5O2/c14-10-5-11-8(4-13(21)16-11)3-12(10)15-6-9-7-19(1-2-20)18-17-9/h3,5,7,15,20H,1-2,4,6H2,(H,16,21). The molecule has 1 aromatic heterocycles. The Hall–Kier alpha value is -2.12. The highest BCUT2D eigenvalue weighted by Gasteiger charge is 2.19. The van der Waals surface area contributed by atoms with Gasteiger partial charge in [0.2, 0.25) is 5.91 Å². The molecule has 0 saturated carbocycles. The zero-order chi connectivity index (χ0) is 14.8. The molecule has 0 saturated heterocycles. The summed E-state index contributed by atoms with van der Waals surface area (Å²) in [4.78, 5) is 11.4. The van der Waals surface area contributed by atoms with Gasteiger partial charge in [0.25, 0.3) is 0 Å². The van der Waals surface area contributed by atoms with Gasteiger partial charge in [-0.3, -0.25) is 4.79 Å². The van der Waals surface area contributed by atoms with E-state index in [2.05, 4.69) is 20.9 Å². The first-order chi connectivity index (χ1) is 10.2. The molecule has 1 amide bonds. The van der Waals surface area contributed by atoms with E-state index in [-0.39, 0.29) is 12.5 Å². The largest absolute Gasteiger partial charge is 0.394 e. The van der Waals surface area contributed by atoms with Gasteiger partial charge in [-0.05, 0) is 17.7 Å². The third kappa shape index (κ3) is 2.98. The number of nitrogens with one attached hydrogen (secondary N) is 2. The van der Waals surface area contributed by atoms with Crippen molar-refractivity contribution in [2.24, 2.45) is 0 Å². The molecular weight excluding hydrogens is 294 g/mol. The van der Waals surface area contributed by atoms with Crippen LogP contribution in [0.5, 0.6) is 0 Å². The number of fused-ring (bicyclic) bond motifs is 1. The highest BCUT2D eigenvalue weighted by Crippen LogP contribution is 2.32. The summed E-state index contributed by atoms with van der Waals surface area (Å²) in [5.41, 5.74) is 3.19. The molecule has 1 aliphatic heterocycles. The average Bonchev–Trinajstić information content (AvgIpc) is 3.02. The van der Waals surface area contributed by atoms with Gasteiger partial charge in [-0.25, -0.2) is 4.68 Å². The van der Waals surface area contributed by atoms with Gasteiger partial charge >= 0.3 is 0 Å². The van der Waals surface area contributed by atoms with E-state index in [4.69, 9.17) is 16.7 Å². The molecule has 21 heavy (non-hydrogen) atoms. The lowest BCUT2D eigenvalue weighted by Crippen LogP contribution is -2.03. The number of halogens is 1. The van der Waals surface area contributed by atoms with Crippen molar-refractivity contribution in [2.75, 3.05) is 17.2 Å². The summed E-state index contributed by atoms with van der Waals surface area (Å²) in [5, 5.41) is 23.2. The van der Waals surface area contributed by atoms with Gasteiger partial charge in [0.15, 0.2) is 0 Å². The molecule has 0 bridgehead atoms. The van der Waals surface area contributed by atoms with Crippen molar-refractivity contribution < 1.29 is 9.90 Å². The second kappa shape index (κ2) is 5.71. The number of aromatic nitrogens is 3. The van der Waals surface area contributed by atoms with Gasteiger partial charge < -0.3 is 15.7 Å². The summed E-state index contributed by atoms with van der Waals surface area (Å²) in [6, 6.07) is 3.61. The second-order valence-corrected chi connectivity index (χ2v) is 5.17. The molecule has 0 fully saturated rings. The van der Waals surface area contributed by atoms with E-state index in [1.807, 2.05) is 6.07 Å². The van der Waals surface area contributed by atoms with Gasteiger partial charge in [-0.1, -0.05) is 16.8 Å². The van der Waals surface area contributed by atoms with E-state index in [9.17, 15) is 4.79 Å². The Morgan fingerprint density at radius 1 is 1.48 bits per heavy atom. The monoisotopic (exact) mass is 307 g/mol. The SMILES string of the molecule is O=C1Cc2cc(NCc3cn(CCO)nn3)c(Cl)cc2N1. The number of anilines is 2. The Bertz CT molecular complexity index is 685. The van der Waals surface area contributed by atoms with Crippen LogP contribution in [0.25, 0.3) is 0 Å². The van der Waals surface area contributed by atoms with Crippen molar-refractivity contribution in [3.63, 3.8) is 0 Å². The molecule has 2 heterocycles. The minimum absolute atomic E-state index is 0.0217. The van der Waals surface area contributed by atoms with Gasteiger partial charge in [-0.15, -0.1) is 5.10 Å². The molecule has 110 valence electrons. The zero-order valence-corrected chi connectivity index (χ0v) is 11.9. The Morgan fingerprint density at radius 3 is 3.14 bits per heavy atom. The molecular formula is C13H14ClN5O2. The lowest BCUT2D eigenvalue weighted by Gasteiger charge is -2.09. The number of carbonyl (C=O) groups excluding carboxylic acids is 1. The predicted octanol–water partition coefficient (Wildman–Crippen LogP) is 1.03. The van der Waals surface area contributed by atoms with Crippen molar-refractivity contribution in [1.82, 2.24) is 15.0 Å². The maximum atomic E-state index is 11.4. The third-order valence-electron chi connectivity index (χ3n) is 3.19. The predicted molar refractivity (Wildman–Crippen MR) is 78.2 cm³/mol. The number of benzene rings is 1. The van der Waals surface area contributed by atoms with Crippen molar-refractivity contribution in [1.29, 1.82) is 0 Å². The van der Waals surface area contributed by atoms with Crippen LogP contribution >= 0.6 is 11.6 Å². The number of rotatable bonds is 5. The third-order valence-corrected chi connectivity index (χ3v) is 3.51. The lowest BCUT2D eigenvalue weighted by molar-refractivity contribution is -0.115. The molecule has 3 N–H and O–H groups in total. The number of aliphatic hydroxyl groups excluding tert-OH is 1. The van der Waals surface area contributed by atoms with Crippen LogP contribution in [-0.4, -0.2) is 32.6 Å². The van der Waals surface area contributed by atoms with E-state index in [0.717, 1.165) is 22.6 Å². The van der Waals surface area contributed by atoms with Crippen LogP contribution in [0.4, 0.5) is 11.4 Å².